The maximum Gasteiger partial charge on any atom is 0.260 e. The molecule has 0 radical (unpaired) electrons. The number of hydrogen-bond donors (Lipinski definition) is 1. The van der Waals surface area contributed by atoms with Crippen LogP contribution in [0.4, 0.5) is 0 Å². The molecule has 2 atom stereocenters. The summed E-state index contributed by atoms with van der Waals surface area (Å²) in [5.74, 6) is 1.28. The van der Waals surface area contributed by atoms with Crippen LogP contribution in [-0.2, 0) is 4.79 Å². The van der Waals surface area contributed by atoms with Crippen LogP contribution in [0.15, 0.2) is 24.3 Å². The Labute approximate surface area is 134 Å². The number of carbonyl (C=O) groups excluding carboxylic acids is 1. The molecule has 3 nitrogen and oxygen atoms in total. The Morgan fingerprint density at radius 1 is 1.23 bits per heavy atom. The van der Waals surface area contributed by atoms with E-state index in [9.17, 15) is 4.79 Å². The molecule has 1 saturated carbocycles. The summed E-state index contributed by atoms with van der Waals surface area (Å²) >= 11 is 0. The first-order chi connectivity index (χ1) is 10.6. The van der Waals surface area contributed by atoms with Gasteiger partial charge in [0.2, 0.25) is 0 Å². The zero-order valence-corrected chi connectivity index (χ0v) is 14.1. The summed E-state index contributed by atoms with van der Waals surface area (Å²) in [6.07, 6.45) is 6.54. The second-order valence-corrected chi connectivity index (χ2v) is 6.45. The van der Waals surface area contributed by atoms with Gasteiger partial charge in [0.15, 0.2) is 6.10 Å². The van der Waals surface area contributed by atoms with Crippen LogP contribution in [0.2, 0.25) is 0 Å². The zero-order valence-electron chi connectivity index (χ0n) is 14.1. The van der Waals surface area contributed by atoms with Crippen LogP contribution in [0, 0.1) is 0 Å². The van der Waals surface area contributed by atoms with E-state index in [1.165, 1.54) is 24.8 Å². The summed E-state index contributed by atoms with van der Waals surface area (Å²) in [5, 5.41) is 3.14. The molecule has 1 amide bonds. The third-order valence-electron chi connectivity index (χ3n) is 4.69. The predicted octanol–water partition coefficient (Wildman–Crippen LogP) is 4.42. The van der Waals surface area contributed by atoms with Crippen molar-refractivity contribution >= 4 is 5.91 Å². The van der Waals surface area contributed by atoms with E-state index in [-0.39, 0.29) is 5.91 Å². The second kappa shape index (κ2) is 8.21. The van der Waals surface area contributed by atoms with Crippen molar-refractivity contribution in [2.45, 2.75) is 77.4 Å². The van der Waals surface area contributed by atoms with E-state index in [0.717, 1.165) is 25.0 Å². The Bertz CT molecular complexity index is 480. The molecule has 1 aromatic rings. The van der Waals surface area contributed by atoms with E-state index in [1.54, 1.807) is 0 Å². The standard InChI is InChI=1S/C19H29NO2/c1-4-14(2)17-12-8-9-13-18(17)22-15(3)19(21)20-16-10-6-5-7-11-16/h8-9,12-16H,4-7,10-11H2,1-3H3,(H,20,21). The highest BCUT2D eigenvalue weighted by molar-refractivity contribution is 5.81. The maximum atomic E-state index is 12.3. The van der Waals surface area contributed by atoms with Crippen LogP contribution in [0.25, 0.3) is 0 Å². The van der Waals surface area contributed by atoms with Crippen LogP contribution < -0.4 is 10.1 Å². The molecule has 0 bridgehead atoms. The summed E-state index contributed by atoms with van der Waals surface area (Å²) in [6, 6.07) is 8.38. The first-order valence-electron chi connectivity index (χ1n) is 8.67. The van der Waals surface area contributed by atoms with Crippen molar-refractivity contribution in [1.82, 2.24) is 5.32 Å². The average Bonchev–Trinajstić information content (AvgIpc) is 2.55. The topological polar surface area (TPSA) is 38.3 Å². The summed E-state index contributed by atoms with van der Waals surface area (Å²) in [5.41, 5.74) is 1.18. The van der Waals surface area contributed by atoms with Crippen molar-refractivity contribution in [2.24, 2.45) is 0 Å². The molecule has 3 heteroatoms. The number of nitrogens with one attached hydrogen (secondary N) is 1. The van der Waals surface area contributed by atoms with Gasteiger partial charge in [-0.15, -0.1) is 0 Å². The Hall–Kier alpha value is -1.51. The molecule has 1 aromatic carbocycles. The van der Waals surface area contributed by atoms with Crippen molar-refractivity contribution in [2.75, 3.05) is 0 Å². The molecule has 1 N–H and O–H groups in total. The molecular weight excluding hydrogens is 274 g/mol. The largest absolute Gasteiger partial charge is 0.481 e. The summed E-state index contributed by atoms with van der Waals surface area (Å²) in [6.45, 7) is 6.20. The molecule has 2 rings (SSSR count). The number of carbonyl (C=O) groups is 1. The van der Waals surface area contributed by atoms with Gasteiger partial charge in [-0.05, 0) is 43.7 Å². The van der Waals surface area contributed by atoms with Crippen LogP contribution in [0.5, 0.6) is 5.75 Å². The van der Waals surface area contributed by atoms with Gasteiger partial charge in [-0.25, -0.2) is 0 Å². The highest BCUT2D eigenvalue weighted by atomic mass is 16.5. The molecule has 122 valence electrons. The monoisotopic (exact) mass is 303 g/mol. The lowest BCUT2D eigenvalue weighted by molar-refractivity contribution is -0.128. The van der Waals surface area contributed by atoms with Crippen molar-refractivity contribution in [3.8, 4) is 5.75 Å². The lowest BCUT2D eigenvalue weighted by Gasteiger charge is -2.25. The van der Waals surface area contributed by atoms with E-state index in [4.69, 9.17) is 4.74 Å². The fraction of sp³-hybridized carbons (Fsp3) is 0.632. The van der Waals surface area contributed by atoms with Gasteiger partial charge in [0.05, 0.1) is 0 Å². The Morgan fingerprint density at radius 2 is 1.91 bits per heavy atom. The average molecular weight is 303 g/mol. The van der Waals surface area contributed by atoms with Crippen molar-refractivity contribution in [1.29, 1.82) is 0 Å². The lowest BCUT2D eigenvalue weighted by atomic mass is 9.95. The van der Waals surface area contributed by atoms with Gasteiger partial charge >= 0.3 is 0 Å². The van der Waals surface area contributed by atoms with Gasteiger partial charge in [0, 0.05) is 6.04 Å². The van der Waals surface area contributed by atoms with E-state index in [0.29, 0.717) is 12.0 Å². The molecule has 1 aliphatic rings. The molecule has 0 heterocycles. The molecular formula is C19H29NO2. The fourth-order valence-electron chi connectivity index (χ4n) is 3.02. The molecule has 0 saturated heterocycles. The van der Waals surface area contributed by atoms with Gasteiger partial charge in [-0.3, -0.25) is 4.79 Å². The highest BCUT2D eigenvalue weighted by Crippen LogP contribution is 2.29. The van der Waals surface area contributed by atoms with Crippen molar-refractivity contribution < 1.29 is 9.53 Å². The van der Waals surface area contributed by atoms with E-state index in [2.05, 4.69) is 25.2 Å². The number of rotatable bonds is 6. The van der Waals surface area contributed by atoms with Gasteiger partial charge in [-0.1, -0.05) is 51.3 Å². The molecule has 22 heavy (non-hydrogen) atoms. The fourth-order valence-corrected chi connectivity index (χ4v) is 3.02. The number of ether oxygens (including phenoxy) is 1. The van der Waals surface area contributed by atoms with Gasteiger partial charge < -0.3 is 10.1 Å². The van der Waals surface area contributed by atoms with E-state index >= 15 is 0 Å². The Morgan fingerprint density at radius 3 is 2.59 bits per heavy atom. The number of benzene rings is 1. The highest BCUT2D eigenvalue weighted by Gasteiger charge is 2.21. The third-order valence-corrected chi connectivity index (χ3v) is 4.69. The number of amides is 1. The van der Waals surface area contributed by atoms with Crippen LogP contribution in [-0.4, -0.2) is 18.1 Å². The minimum atomic E-state index is -0.452. The number of hydrogen-bond acceptors (Lipinski definition) is 2. The van der Waals surface area contributed by atoms with Gasteiger partial charge in [0.25, 0.3) is 5.91 Å². The first kappa shape index (κ1) is 16.9. The minimum absolute atomic E-state index is 0.00542. The van der Waals surface area contributed by atoms with Gasteiger partial charge in [-0.2, -0.15) is 0 Å². The maximum absolute atomic E-state index is 12.3. The predicted molar refractivity (Wildman–Crippen MR) is 90.3 cm³/mol. The van der Waals surface area contributed by atoms with Crippen LogP contribution in [0.1, 0.15) is 70.8 Å². The second-order valence-electron chi connectivity index (χ2n) is 6.45. The Balaban J connectivity index is 1.96. The molecule has 1 fully saturated rings. The molecule has 0 spiro atoms. The lowest BCUT2D eigenvalue weighted by Crippen LogP contribution is -2.43. The van der Waals surface area contributed by atoms with Gasteiger partial charge in [0.1, 0.15) is 5.75 Å². The molecule has 1 aliphatic carbocycles. The molecule has 0 aromatic heterocycles. The number of para-hydroxylation sites is 1. The van der Waals surface area contributed by atoms with Crippen molar-refractivity contribution in [3.05, 3.63) is 29.8 Å². The summed E-state index contributed by atoms with van der Waals surface area (Å²) < 4.78 is 5.96. The quantitative estimate of drug-likeness (QED) is 0.845. The zero-order chi connectivity index (χ0) is 15.9. The third kappa shape index (κ3) is 4.49. The van der Waals surface area contributed by atoms with Crippen LogP contribution >= 0.6 is 0 Å². The normalized spacial score (nSPS) is 18.5. The van der Waals surface area contributed by atoms with Crippen molar-refractivity contribution in [3.63, 3.8) is 0 Å². The minimum Gasteiger partial charge on any atom is -0.481 e. The van der Waals surface area contributed by atoms with E-state index < -0.39 is 6.10 Å². The van der Waals surface area contributed by atoms with Crippen LogP contribution in [0.3, 0.4) is 0 Å². The SMILES string of the molecule is CCC(C)c1ccccc1OC(C)C(=O)NC1CCCCC1. The Kier molecular flexibility index (Phi) is 6.29. The molecule has 0 aliphatic heterocycles. The summed E-state index contributed by atoms with van der Waals surface area (Å²) in [4.78, 5) is 12.3. The van der Waals surface area contributed by atoms with E-state index in [1.807, 2.05) is 25.1 Å². The summed E-state index contributed by atoms with van der Waals surface area (Å²) in [7, 11) is 0. The first-order valence-corrected chi connectivity index (χ1v) is 8.67. The smallest absolute Gasteiger partial charge is 0.260 e. The molecule has 2 unspecified atom stereocenters.